The summed E-state index contributed by atoms with van der Waals surface area (Å²) in [5.74, 6) is 1.08. The molecule has 4 rings (SSSR count). The van der Waals surface area contributed by atoms with E-state index in [1.54, 1.807) is 6.08 Å². The normalized spacial score (nSPS) is 15.7. The lowest BCUT2D eigenvalue weighted by Gasteiger charge is -2.29. The Balaban J connectivity index is 1.37. The molecule has 0 spiro atoms. The fourth-order valence-electron chi connectivity index (χ4n) is 3.40. The molecule has 0 bridgehead atoms. The molecule has 138 valence electrons. The molecule has 0 atom stereocenters. The minimum atomic E-state index is 0.0303. The fourth-order valence-corrected chi connectivity index (χ4v) is 3.59. The van der Waals surface area contributed by atoms with Gasteiger partial charge in [0.05, 0.1) is 0 Å². The van der Waals surface area contributed by atoms with E-state index in [-0.39, 0.29) is 11.8 Å². The molecule has 27 heavy (non-hydrogen) atoms. The van der Waals surface area contributed by atoms with Gasteiger partial charge < -0.3 is 9.32 Å². The first-order chi connectivity index (χ1) is 13.1. The van der Waals surface area contributed by atoms with Crippen molar-refractivity contribution >= 4 is 34.7 Å². The quantitative estimate of drug-likeness (QED) is 0.586. The van der Waals surface area contributed by atoms with Crippen molar-refractivity contribution in [1.29, 1.82) is 0 Å². The summed E-state index contributed by atoms with van der Waals surface area (Å²) >= 11 is 6.14. The zero-order chi connectivity index (χ0) is 18.8. The van der Waals surface area contributed by atoms with Gasteiger partial charge in [-0.2, -0.15) is 0 Å². The highest BCUT2D eigenvalue weighted by Crippen LogP contribution is 2.30. The van der Waals surface area contributed by atoms with Gasteiger partial charge in [-0.05, 0) is 55.2 Å². The third kappa shape index (κ3) is 3.91. The van der Waals surface area contributed by atoms with E-state index in [1.807, 2.05) is 60.4 Å². The number of benzene rings is 2. The van der Waals surface area contributed by atoms with E-state index in [1.165, 1.54) is 0 Å². The number of para-hydroxylation sites is 2. The van der Waals surface area contributed by atoms with Crippen molar-refractivity contribution in [3.05, 3.63) is 70.6 Å². The lowest BCUT2D eigenvalue weighted by molar-refractivity contribution is -0.127. The Bertz CT molecular complexity index is 967. The smallest absolute Gasteiger partial charge is 0.246 e. The Morgan fingerprint density at radius 3 is 2.74 bits per heavy atom. The summed E-state index contributed by atoms with van der Waals surface area (Å²) in [7, 11) is 0. The first-order valence-electron chi connectivity index (χ1n) is 9.19. The van der Waals surface area contributed by atoms with E-state index in [0.717, 1.165) is 41.0 Å². The number of piperidine rings is 1. The molecule has 0 unspecified atom stereocenters. The van der Waals surface area contributed by atoms with Crippen LogP contribution in [-0.2, 0) is 4.79 Å². The van der Waals surface area contributed by atoms with Crippen LogP contribution in [0.25, 0.3) is 17.2 Å². The molecular formula is C22H21ClN2O2. The Kier molecular flexibility index (Phi) is 4.99. The van der Waals surface area contributed by atoms with Crippen LogP contribution in [0, 0.1) is 6.92 Å². The SMILES string of the molecule is Cc1ccc(/C=C/C(=O)N2CCC(c3nc4ccccc4o3)CC2)cc1Cl. The summed E-state index contributed by atoms with van der Waals surface area (Å²) in [6, 6.07) is 13.6. The van der Waals surface area contributed by atoms with Gasteiger partial charge in [0.15, 0.2) is 11.5 Å². The van der Waals surface area contributed by atoms with Crippen molar-refractivity contribution in [3.8, 4) is 0 Å². The predicted molar refractivity (Wildman–Crippen MR) is 108 cm³/mol. The number of amides is 1. The van der Waals surface area contributed by atoms with Gasteiger partial charge in [-0.3, -0.25) is 4.79 Å². The van der Waals surface area contributed by atoms with Crippen molar-refractivity contribution in [2.45, 2.75) is 25.7 Å². The number of carbonyl (C=O) groups is 1. The summed E-state index contributed by atoms with van der Waals surface area (Å²) in [5, 5.41) is 0.712. The van der Waals surface area contributed by atoms with Crippen LogP contribution in [0.3, 0.4) is 0 Å². The van der Waals surface area contributed by atoms with Gasteiger partial charge in [-0.1, -0.05) is 35.9 Å². The molecule has 0 radical (unpaired) electrons. The number of likely N-dealkylation sites (tertiary alicyclic amines) is 1. The standard InChI is InChI=1S/C22H21ClN2O2/c1-15-6-7-16(14-18(15)23)8-9-21(26)25-12-10-17(11-13-25)22-24-19-4-2-3-5-20(19)27-22/h2-9,14,17H,10-13H2,1H3/b9-8+. The van der Waals surface area contributed by atoms with Crippen molar-refractivity contribution in [2.75, 3.05) is 13.1 Å². The number of carbonyl (C=O) groups excluding carboxylic acids is 1. The van der Waals surface area contributed by atoms with E-state index in [4.69, 9.17) is 16.0 Å². The van der Waals surface area contributed by atoms with Crippen LogP contribution in [0.15, 0.2) is 53.0 Å². The van der Waals surface area contributed by atoms with E-state index in [2.05, 4.69) is 4.98 Å². The molecule has 1 aliphatic rings. The highest BCUT2D eigenvalue weighted by atomic mass is 35.5. The van der Waals surface area contributed by atoms with E-state index < -0.39 is 0 Å². The average molecular weight is 381 g/mol. The van der Waals surface area contributed by atoms with Crippen LogP contribution >= 0.6 is 11.6 Å². The molecule has 0 aliphatic carbocycles. The summed E-state index contributed by atoms with van der Waals surface area (Å²) in [6.07, 6.45) is 5.17. The second-order valence-corrected chi connectivity index (χ2v) is 7.37. The number of rotatable bonds is 3. The zero-order valence-corrected chi connectivity index (χ0v) is 15.9. The Labute approximate surface area is 163 Å². The summed E-state index contributed by atoms with van der Waals surface area (Å²) in [5.41, 5.74) is 3.68. The zero-order valence-electron chi connectivity index (χ0n) is 15.2. The molecule has 4 nitrogen and oxygen atoms in total. The molecule has 2 heterocycles. The van der Waals surface area contributed by atoms with Gasteiger partial charge >= 0.3 is 0 Å². The van der Waals surface area contributed by atoms with Crippen LogP contribution in [0.4, 0.5) is 0 Å². The van der Waals surface area contributed by atoms with Gasteiger partial charge in [0.2, 0.25) is 5.91 Å². The van der Waals surface area contributed by atoms with Crippen LogP contribution in [0.5, 0.6) is 0 Å². The monoisotopic (exact) mass is 380 g/mol. The molecule has 1 fully saturated rings. The van der Waals surface area contributed by atoms with Crippen molar-refractivity contribution < 1.29 is 9.21 Å². The Morgan fingerprint density at radius 2 is 2.00 bits per heavy atom. The van der Waals surface area contributed by atoms with Crippen molar-refractivity contribution in [2.24, 2.45) is 0 Å². The fraction of sp³-hybridized carbons (Fsp3) is 0.273. The van der Waals surface area contributed by atoms with Crippen molar-refractivity contribution in [3.63, 3.8) is 0 Å². The largest absolute Gasteiger partial charge is 0.440 e. The lowest BCUT2D eigenvalue weighted by atomic mass is 9.96. The number of oxazole rings is 1. The van der Waals surface area contributed by atoms with Gasteiger partial charge in [-0.25, -0.2) is 4.98 Å². The molecule has 2 aromatic carbocycles. The number of hydrogen-bond donors (Lipinski definition) is 0. The van der Waals surface area contributed by atoms with Crippen LogP contribution < -0.4 is 0 Å². The number of fused-ring (bicyclic) bond motifs is 1. The molecule has 1 saturated heterocycles. The summed E-state index contributed by atoms with van der Waals surface area (Å²) < 4.78 is 5.89. The first-order valence-corrected chi connectivity index (χ1v) is 9.56. The molecule has 0 N–H and O–H groups in total. The second-order valence-electron chi connectivity index (χ2n) is 6.96. The number of hydrogen-bond acceptors (Lipinski definition) is 3. The first kappa shape index (κ1) is 17.8. The maximum absolute atomic E-state index is 12.5. The summed E-state index contributed by atoms with van der Waals surface area (Å²) in [4.78, 5) is 19.0. The van der Waals surface area contributed by atoms with E-state index in [0.29, 0.717) is 18.1 Å². The highest BCUT2D eigenvalue weighted by molar-refractivity contribution is 6.31. The van der Waals surface area contributed by atoms with Gasteiger partial charge in [-0.15, -0.1) is 0 Å². The average Bonchev–Trinajstić information content (AvgIpc) is 3.13. The Hall–Kier alpha value is -2.59. The molecule has 5 heteroatoms. The summed E-state index contributed by atoms with van der Waals surface area (Å²) in [6.45, 7) is 3.38. The van der Waals surface area contributed by atoms with E-state index >= 15 is 0 Å². The Morgan fingerprint density at radius 1 is 1.22 bits per heavy atom. The molecule has 1 amide bonds. The van der Waals surface area contributed by atoms with Crippen LogP contribution in [0.1, 0.15) is 35.8 Å². The molecule has 0 saturated carbocycles. The van der Waals surface area contributed by atoms with E-state index in [9.17, 15) is 4.79 Å². The maximum Gasteiger partial charge on any atom is 0.246 e. The second kappa shape index (κ2) is 7.57. The maximum atomic E-state index is 12.5. The molecule has 1 aromatic heterocycles. The highest BCUT2D eigenvalue weighted by Gasteiger charge is 2.26. The minimum Gasteiger partial charge on any atom is -0.440 e. The van der Waals surface area contributed by atoms with Gasteiger partial charge in [0.25, 0.3) is 0 Å². The third-order valence-electron chi connectivity index (χ3n) is 5.08. The van der Waals surface area contributed by atoms with Crippen LogP contribution in [-0.4, -0.2) is 28.9 Å². The third-order valence-corrected chi connectivity index (χ3v) is 5.49. The van der Waals surface area contributed by atoms with Crippen molar-refractivity contribution in [1.82, 2.24) is 9.88 Å². The van der Waals surface area contributed by atoms with Crippen LogP contribution in [0.2, 0.25) is 5.02 Å². The number of nitrogens with zero attached hydrogens (tertiary/aromatic N) is 2. The topological polar surface area (TPSA) is 46.3 Å². The minimum absolute atomic E-state index is 0.0303. The molecule has 1 aliphatic heterocycles. The van der Waals surface area contributed by atoms with Gasteiger partial charge in [0.1, 0.15) is 5.52 Å². The number of aromatic nitrogens is 1. The number of halogens is 1. The molecular weight excluding hydrogens is 360 g/mol. The lowest BCUT2D eigenvalue weighted by Crippen LogP contribution is -2.36. The number of aryl methyl sites for hydroxylation is 1. The van der Waals surface area contributed by atoms with Gasteiger partial charge in [0, 0.05) is 30.1 Å². The molecule has 3 aromatic rings. The predicted octanol–water partition coefficient (Wildman–Crippen LogP) is 5.21.